The summed E-state index contributed by atoms with van der Waals surface area (Å²) in [4.78, 5) is 8.10. The van der Waals surface area contributed by atoms with Crippen LogP contribution in [-0.4, -0.2) is 15.1 Å². The summed E-state index contributed by atoms with van der Waals surface area (Å²) in [7, 11) is 0. The first-order valence-corrected chi connectivity index (χ1v) is 4.85. The molecular weight excluding hydrogens is 212 g/mol. The van der Waals surface area contributed by atoms with Crippen molar-refractivity contribution in [3.8, 4) is 11.3 Å². The van der Waals surface area contributed by atoms with Gasteiger partial charge in [0.1, 0.15) is 5.15 Å². The van der Waals surface area contributed by atoms with E-state index in [1.807, 2.05) is 12.1 Å². The van der Waals surface area contributed by atoms with Gasteiger partial charge in [-0.3, -0.25) is 4.98 Å². The van der Waals surface area contributed by atoms with Crippen molar-refractivity contribution < 1.29 is 5.11 Å². The Hall–Kier alpha value is -1.45. The first kappa shape index (κ1) is 10.1. The maximum atomic E-state index is 9.03. The fourth-order valence-corrected chi connectivity index (χ4v) is 1.54. The second-order valence-electron chi connectivity index (χ2n) is 3.08. The Morgan fingerprint density at radius 2 is 1.93 bits per heavy atom. The summed E-state index contributed by atoms with van der Waals surface area (Å²) < 4.78 is 0. The number of pyridine rings is 2. The van der Waals surface area contributed by atoms with Crippen molar-refractivity contribution in [1.82, 2.24) is 9.97 Å². The van der Waals surface area contributed by atoms with Gasteiger partial charge in [-0.2, -0.15) is 0 Å². The second-order valence-corrected chi connectivity index (χ2v) is 3.46. The van der Waals surface area contributed by atoms with Gasteiger partial charge in [-0.1, -0.05) is 11.6 Å². The van der Waals surface area contributed by atoms with Crippen LogP contribution in [-0.2, 0) is 6.61 Å². The number of hydrogen-bond donors (Lipinski definition) is 1. The number of halogens is 1. The third kappa shape index (κ3) is 2.32. The lowest BCUT2D eigenvalue weighted by atomic mass is 10.1. The SMILES string of the molecule is OCc1cc(Cl)nc(-c2ccncc2)c1. The molecule has 0 saturated carbocycles. The van der Waals surface area contributed by atoms with Crippen LogP contribution in [0.2, 0.25) is 5.15 Å². The molecule has 2 aromatic rings. The highest BCUT2D eigenvalue weighted by Gasteiger charge is 2.02. The molecule has 0 radical (unpaired) electrons. The number of aliphatic hydroxyl groups is 1. The minimum atomic E-state index is -0.0413. The van der Waals surface area contributed by atoms with E-state index in [4.69, 9.17) is 16.7 Å². The summed E-state index contributed by atoms with van der Waals surface area (Å²) in [6, 6.07) is 7.15. The molecule has 0 aliphatic heterocycles. The van der Waals surface area contributed by atoms with E-state index in [9.17, 15) is 0 Å². The Morgan fingerprint density at radius 1 is 1.20 bits per heavy atom. The van der Waals surface area contributed by atoms with Crippen LogP contribution in [0.25, 0.3) is 11.3 Å². The summed E-state index contributed by atoms with van der Waals surface area (Å²) in [5.41, 5.74) is 2.43. The molecule has 0 aromatic carbocycles. The van der Waals surface area contributed by atoms with E-state index in [2.05, 4.69) is 9.97 Å². The lowest BCUT2D eigenvalue weighted by Gasteiger charge is -2.03. The normalized spacial score (nSPS) is 10.3. The molecule has 0 aliphatic carbocycles. The molecule has 0 unspecified atom stereocenters. The van der Waals surface area contributed by atoms with E-state index in [0.717, 1.165) is 16.8 Å². The molecule has 2 heterocycles. The third-order valence-corrected chi connectivity index (χ3v) is 2.21. The fourth-order valence-electron chi connectivity index (χ4n) is 1.31. The second kappa shape index (κ2) is 4.38. The van der Waals surface area contributed by atoms with Gasteiger partial charge >= 0.3 is 0 Å². The Balaban J connectivity index is 2.49. The van der Waals surface area contributed by atoms with Gasteiger partial charge in [0, 0.05) is 18.0 Å². The quantitative estimate of drug-likeness (QED) is 0.790. The highest BCUT2D eigenvalue weighted by atomic mass is 35.5. The number of hydrogen-bond acceptors (Lipinski definition) is 3. The Morgan fingerprint density at radius 3 is 2.60 bits per heavy atom. The minimum absolute atomic E-state index is 0.0413. The molecule has 0 spiro atoms. The van der Waals surface area contributed by atoms with Crippen LogP contribution in [0, 0.1) is 0 Å². The van der Waals surface area contributed by atoms with Gasteiger partial charge in [-0.15, -0.1) is 0 Å². The average Bonchev–Trinajstić information content (AvgIpc) is 2.29. The molecule has 2 rings (SSSR count). The zero-order valence-electron chi connectivity index (χ0n) is 7.89. The molecule has 0 saturated heterocycles. The Labute approximate surface area is 92.4 Å². The van der Waals surface area contributed by atoms with Crippen molar-refractivity contribution in [2.75, 3.05) is 0 Å². The van der Waals surface area contributed by atoms with E-state index in [1.54, 1.807) is 24.5 Å². The molecule has 76 valence electrons. The highest BCUT2D eigenvalue weighted by Crippen LogP contribution is 2.20. The molecular formula is C11H9ClN2O. The lowest BCUT2D eigenvalue weighted by Crippen LogP contribution is -1.90. The van der Waals surface area contributed by atoms with Crippen LogP contribution in [0.1, 0.15) is 5.56 Å². The molecule has 0 atom stereocenters. The molecule has 15 heavy (non-hydrogen) atoms. The number of nitrogens with zero attached hydrogens (tertiary/aromatic N) is 2. The molecule has 0 fully saturated rings. The summed E-state index contributed by atoms with van der Waals surface area (Å²) in [6.07, 6.45) is 3.38. The summed E-state index contributed by atoms with van der Waals surface area (Å²) in [6.45, 7) is -0.0413. The van der Waals surface area contributed by atoms with Gasteiger partial charge in [-0.05, 0) is 29.8 Å². The van der Waals surface area contributed by atoms with Crippen LogP contribution >= 0.6 is 11.6 Å². The standard InChI is InChI=1S/C11H9ClN2O/c12-11-6-8(7-15)5-10(14-11)9-1-3-13-4-2-9/h1-6,15H,7H2. The minimum Gasteiger partial charge on any atom is -0.392 e. The molecule has 0 amide bonds. The number of aromatic nitrogens is 2. The summed E-state index contributed by atoms with van der Waals surface area (Å²) in [5.74, 6) is 0. The van der Waals surface area contributed by atoms with E-state index in [0.29, 0.717) is 5.15 Å². The zero-order valence-corrected chi connectivity index (χ0v) is 8.65. The van der Waals surface area contributed by atoms with Gasteiger partial charge in [-0.25, -0.2) is 4.98 Å². The lowest BCUT2D eigenvalue weighted by molar-refractivity contribution is 0.282. The third-order valence-electron chi connectivity index (χ3n) is 2.01. The monoisotopic (exact) mass is 220 g/mol. The fraction of sp³-hybridized carbons (Fsp3) is 0.0909. The summed E-state index contributed by atoms with van der Waals surface area (Å²) in [5, 5.41) is 9.42. The molecule has 1 N–H and O–H groups in total. The van der Waals surface area contributed by atoms with Crippen molar-refractivity contribution in [1.29, 1.82) is 0 Å². The Bertz CT molecular complexity index is 459. The van der Waals surface area contributed by atoms with Crippen molar-refractivity contribution >= 4 is 11.6 Å². The van der Waals surface area contributed by atoms with Crippen molar-refractivity contribution in [2.45, 2.75) is 6.61 Å². The maximum absolute atomic E-state index is 9.03. The topological polar surface area (TPSA) is 46.0 Å². The molecule has 0 bridgehead atoms. The van der Waals surface area contributed by atoms with Gasteiger partial charge < -0.3 is 5.11 Å². The van der Waals surface area contributed by atoms with Crippen LogP contribution in [0.15, 0.2) is 36.7 Å². The van der Waals surface area contributed by atoms with Crippen LogP contribution < -0.4 is 0 Å². The van der Waals surface area contributed by atoms with Crippen molar-refractivity contribution in [3.63, 3.8) is 0 Å². The maximum Gasteiger partial charge on any atom is 0.130 e. The highest BCUT2D eigenvalue weighted by molar-refractivity contribution is 6.29. The Kier molecular flexibility index (Phi) is 2.94. The van der Waals surface area contributed by atoms with Crippen LogP contribution in [0.3, 0.4) is 0 Å². The molecule has 0 aliphatic rings. The van der Waals surface area contributed by atoms with E-state index in [-0.39, 0.29) is 6.61 Å². The molecule has 3 nitrogen and oxygen atoms in total. The van der Waals surface area contributed by atoms with Crippen molar-refractivity contribution in [3.05, 3.63) is 47.4 Å². The van der Waals surface area contributed by atoms with E-state index < -0.39 is 0 Å². The average molecular weight is 221 g/mol. The largest absolute Gasteiger partial charge is 0.392 e. The van der Waals surface area contributed by atoms with Gasteiger partial charge in [0.2, 0.25) is 0 Å². The van der Waals surface area contributed by atoms with Gasteiger partial charge in [0.25, 0.3) is 0 Å². The summed E-state index contributed by atoms with van der Waals surface area (Å²) >= 11 is 5.84. The van der Waals surface area contributed by atoms with Crippen LogP contribution in [0.5, 0.6) is 0 Å². The number of rotatable bonds is 2. The van der Waals surface area contributed by atoms with E-state index >= 15 is 0 Å². The smallest absolute Gasteiger partial charge is 0.130 e. The van der Waals surface area contributed by atoms with Gasteiger partial charge in [0.05, 0.1) is 12.3 Å². The molecule has 4 heteroatoms. The zero-order chi connectivity index (χ0) is 10.7. The first-order chi connectivity index (χ1) is 7.29. The van der Waals surface area contributed by atoms with E-state index in [1.165, 1.54) is 0 Å². The number of aliphatic hydroxyl groups excluding tert-OH is 1. The van der Waals surface area contributed by atoms with Crippen LogP contribution in [0.4, 0.5) is 0 Å². The predicted molar refractivity (Wildman–Crippen MR) is 58.4 cm³/mol. The van der Waals surface area contributed by atoms with Gasteiger partial charge in [0.15, 0.2) is 0 Å². The predicted octanol–water partition coefficient (Wildman–Crippen LogP) is 2.29. The molecule has 2 aromatic heterocycles. The first-order valence-electron chi connectivity index (χ1n) is 4.47. The van der Waals surface area contributed by atoms with Crippen molar-refractivity contribution in [2.24, 2.45) is 0 Å².